The number of rotatable bonds is 7. The van der Waals surface area contributed by atoms with Crippen LogP contribution in [0.5, 0.6) is 0 Å². The van der Waals surface area contributed by atoms with E-state index < -0.39 is 0 Å². The van der Waals surface area contributed by atoms with Crippen LogP contribution in [0.4, 0.5) is 11.8 Å². The van der Waals surface area contributed by atoms with Crippen LogP contribution in [0.2, 0.25) is 0 Å². The Balaban J connectivity index is 2.16. The fraction of sp³-hybridized carbons (Fsp3) is 0.500. The number of para-hydroxylation sites is 1. The van der Waals surface area contributed by atoms with Gasteiger partial charge in [0.15, 0.2) is 0 Å². The lowest BCUT2D eigenvalue weighted by atomic mass is 10.1. The van der Waals surface area contributed by atoms with Crippen LogP contribution in [0.15, 0.2) is 24.3 Å². The molecule has 1 aromatic heterocycles. The van der Waals surface area contributed by atoms with Crippen molar-refractivity contribution >= 4 is 22.7 Å². The van der Waals surface area contributed by atoms with Gasteiger partial charge < -0.3 is 10.6 Å². The van der Waals surface area contributed by atoms with Crippen LogP contribution in [0.3, 0.4) is 0 Å². The van der Waals surface area contributed by atoms with Gasteiger partial charge in [-0.15, -0.1) is 0 Å². The summed E-state index contributed by atoms with van der Waals surface area (Å²) < 4.78 is 0. The predicted octanol–water partition coefficient (Wildman–Crippen LogP) is 3.91. The minimum atomic E-state index is 0.692. The van der Waals surface area contributed by atoms with E-state index in [1.54, 1.807) is 0 Å². The number of hydrogen-bond donors (Lipinski definition) is 2. The van der Waals surface area contributed by atoms with Crippen LogP contribution in [0.1, 0.15) is 33.6 Å². The smallest absolute Gasteiger partial charge is 0.225 e. The third kappa shape index (κ3) is 3.83. The zero-order valence-corrected chi connectivity index (χ0v) is 12.6. The van der Waals surface area contributed by atoms with Crippen molar-refractivity contribution in [2.75, 3.05) is 23.7 Å². The molecule has 108 valence electrons. The molecule has 0 spiro atoms. The van der Waals surface area contributed by atoms with E-state index in [-0.39, 0.29) is 0 Å². The highest BCUT2D eigenvalue weighted by molar-refractivity contribution is 5.89. The summed E-state index contributed by atoms with van der Waals surface area (Å²) in [5, 5.41) is 7.72. The largest absolute Gasteiger partial charge is 0.369 e. The second kappa shape index (κ2) is 7.08. The Kier molecular flexibility index (Phi) is 5.16. The van der Waals surface area contributed by atoms with E-state index in [9.17, 15) is 0 Å². The molecule has 0 aliphatic carbocycles. The molecular weight excluding hydrogens is 248 g/mol. The van der Waals surface area contributed by atoms with Gasteiger partial charge in [0.05, 0.1) is 5.52 Å². The average molecular weight is 272 g/mol. The van der Waals surface area contributed by atoms with Crippen molar-refractivity contribution in [2.45, 2.75) is 33.6 Å². The Morgan fingerprint density at radius 2 is 1.90 bits per heavy atom. The lowest BCUT2D eigenvalue weighted by Crippen LogP contribution is -2.09. The van der Waals surface area contributed by atoms with E-state index in [0.29, 0.717) is 5.95 Å². The normalized spacial score (nSPS) is 11.0. The molecule has 2 rings (SSSR count). The van der Waals surface area contributed by atoms with Gasteiger partial charge in [0, 0.05) is 18.5 Å². The molecular formula is C16H24N4. The third-order valence-corrected chi connectivity index (χ3v) is 3.19. The molecule has 4 heteroatoms. The van der Waals surface area contributed by atoms with Crippen LogP contribution in [-0.2, 0) is 0 Å². The maximum Gasteiger partial charge on any atom is 0.225 e. The first kappa shape index (κ1) is 14.6. The van der Waals surface area contributed by atoms with E-state index in [0.717, 1.165) is 42.1 Å². The maximum atomic E-state index is 4.57. The monoisotopic (exact) mass is 272 g/mol. The van der Waals surface area contributed by atoms with Gasteiger partial charge in [-0.25, -0.2) is 4.98 Å². The summed E-state index contributed by atoms with van der Waals surface area (Å²) in [6.07, 6.45) is 2.39. The van der Waals surface area contributed by atoms with Crippen molar-refractivity contribution in [3.8, 4) is 0 Å². The minimum absolute atomic E-state index is 0.692. The SMILES string of the molecule is CCNc1nc(NCCCC(C)C)c2ccccc2n1. The predicted molar refractivity (Wildman–Crippen MR) is 86.3 cm³/mol. The number of fused-ring (bicyclic) bond motifs is 1. The summed E-state index contributed by atoms with van der Waals surface area (Å²) in [6.45, 7) is 8.33. The average Bonchev–Trinajstić information content (AvgIpc) is 2.43. The summed E-state index contributed by atoms with van der Waals surface area (Å²) in [5.41, 5.74) is 0.977. The summed E-state index contributed by atoms with van der Waals surface area (Å²) in [5.74, 6) is 2.36. The Hall–Kier alpha value is -1.84. The van der Waals surface area contributed by atoms with Crippen LogP contribution in [0, 0.1) is 5.92 Å². The minimum Gasteiger partial charge on any atom is -0.369 e. The molecule has 0 unspecified atom stereocenters. The number of hydrogen-bond acceptors (Lipinski definition) is 4. The van der Waals surface area contributed by atoms with E-state index in [2.05, 4.69) is 40.5 Å². The fourth-order valence-electron chi connectivity index (χ4n) is 2.17. The second-order valence-corrected chi connectivity index (χ2v) is 5.41. The van der Waals surface area contributed by atoms with Crippen molar-refractivity contribution in [3.63, 3.8) is 0 Å². The number of nitrogens with zero attached hydrogens (tertiary/aromatic N) is 2. The van der Waals surface area contributed by atoms with E-state index in [1.807, 2.05) is 25.1 Å². The number of anilines is 2. The summed E-state index contributed by atoms with van der Waals surface area (Å²) >= 11 is 0. The Labute approximate surface area is 121 Å². The zero-order chi connectivity index (χ0) is 14.4. The lowest BCUT2D eigenvalue weighted by molar-refractivity contribution is 0.567. The van der Waals surface area contributed by atoms with Crippen LogP contribution in [-0.4, -0.2) is 23.1 Å². The summed E-state index contributed by atoms with van der Waals surface area (Å²) in [7, 11) is 0. The van der Waals surface area contributed by atoms with Gasteiger partial charge >= 0.3 is 0 Å². The van der Waals surface area contributed by atoms with E-state index in [1.165, 1.54) is 6.42 Å². The van der Waals surface area contributed by atoms with Gasteiger partial charge in [0.25, 0.3) is 0 Å². The standard InChI is InChI=1S/C16H24N4/c1-4-17-16-19-14-10-6-5-9-13(14)15(20-16)18-11-7-8-12(2)3/h5-6,9-10,12H,4,7-8,11H2,1-3H3,(H2,17,18,19,20). The van der Waals surface area contributed by atoms with Crippen LogP contribution in [0.25, 0.3) is 10.9 Å². The number of aromatic nitrogens is 2. The molecule has 20 heavy (non-hydrogen) atoms. The molecule has 0 saturated heterocycles. The van der Waals surface area contributed by atoms with Gasteiger partial charge in [-0.05, 0) is 37.8 Å². The van der Waals surface area contributed by atoms with Crippen molar-refractivity contribution in [1.82, 2.24) is 9.97 Å². The first-order valence-electron chi connectivity index (χ1n) is 7.45. The molecule has 0 aliphatic heterocycles. The van der Waals surface area contributed by atoms with Gasteiger partial charge in [0.2, 0.25) is 5.95 Å². The lowest BCUT2D eigenvalue weighted by Gasteiger charge is -2.11. The molecule has 2 aromatic rings. The highest BCUT2D eigenvalue weighted by Gasteiger charge is 2.06. The summed E-state index contributed by atoms with van der Waals surface area (Å²) in [6, 6.07) is 8.12. The zero-order valence-electron chi connectivity index (χ0n) is 12.6. The van der Waals surface area contributed by atoms with Crippen LogP contribution < -0.4 is 10.6 Å². The Morgan fingerprint density at radius 3 is 2.65 bits per heavy atom. The Bertz CT molecular complexity index is 551. The molecule has 0 amide bonds. The van der Waals surface area contributed by atoms with E-state index >= 15 is 0 Å². The molecule has 0 bridgehead atoms. The topological polar surface area (TPSA) is 49.8 Å². The maximum absolute atomic E-state index is 4.57. The molecule has 4 nitrogen and oxygen atoms in total. The summed E-state index contributed by atoms with van der Waals surface area (Å²) in [4.78, 5) is 9.09. The van der Waals surface area contributed by atoms with Crippen molar-refractivity contribution < 1.29 is 0 Å². The molecule has 0 fully saturated rings. The number of nitrogens with one attached hydrogen (secondary N) is 2. The molecule has 0 atom stereocenters. The van der Waals surface area contributed by atoms with Crippen molar-refractivity contribution in [2.24, 2.45) is 5.92 Å². The molecule has 1 heterocycles. The Morgan fingerprint density at radius 1 is 1.10 bits per heavy atom. The van der Waals surface area contributed by atoms with Crippen LogP contribution >= 0.6 is 0 Å². The second-order valence-electron chi connectivity index (χ2n) is 5.41. The van der Waals surface area contributed by atoms with E-state index in [4.69, 9.17) is 0 Å². The van der Waals surface area contributed by atoms with Gasteiger partial charge in [0.1, 0.15) is 5.82 Å². The van der Waals surface area contributed by atoms with Gasteiger partial charge in [-0.3, -0.25) is 0 Å². The van der Waals surface area contributed by atoms with Crippen molar-refractivity contribution in [3.05, 3.63) is 24.3 Å². The highest BCUT2D eigenvalue weighted by Crippen LogP contribution is 2.21. The van der Waals surface area contributed by atoms with Gasteiger partial charge in [-0.1, -0.05) is 26.0 Å². The number of benzene rings is 1. The molecule has 1 aromatic carbocycles. The van der Waals surface area contributed by atoms with Gasteiger partial charge in [-0.2, -0.15) is 4.98 Å². The fourth-order valence-corrected chi connectivity index (χ4v) is 2.17. The molecule has 0 aliphatic rings. The quantitative estimate of drug-likeness (QED) is 0.750. The highest BCUT2D eigenvalue weighted by atomic mass is 15.1. The third-order valence-electron chi connectivity index (χ3n) is 3.19. The van der Waals surface area contributed by atoms with Crippen molar-refractivity contribution in [1.29, 1.82) is 0 Å². The molecule has 2 N–H and O–H groups in total. The first-order valence-corrected chi connectivity index (χ1v) is 7.45. The molecule has 0 radical (unpaired) electrons. The molecule has 0 saturated carbocycles. The first-order chi connectivity index (χ1) is 9.70.